The van der Waals surface area contributed by atoms with Crippen molar-refractivity contribution in [1.29, 1.82) is 0 Å². The van der Waals surface area contributed by atoms with Gasteiger partial charge in [-0.05, 0) is 126 Å². The Morgan fingerprint density at radius 1 is 0.558 bits per heavy atom. The summed E-state index contributed by atoms with van der Waals surface area (Å²) in [5.41, 5.74) is 8.54. The number of carbonyl (C=O) groups excluding carboxylic acids is 1. The minimum Gasteiger partial charge on any atom is -0.497 e. The Morgan fingerprint density at radius 2 is 0.942 bits per heavy atom. The number of benzene rings is 5. The molecular weight excluding hydrogens is 645 g/mol. The molecule has 0 amide bonds. The molecule has 0 unspecified atom stereocenters. The minimum absolute atomic E-state index is 0.347. The van der Waals surface area contributed by atoms with E-state index >= 15 is 0 Å². The van der Waals surface area contributed by atoms with E-state index in [1.54, 1.807) is 14.2 Å². The lowest BCUT2D eigenvalue weighted by molar-refractivity contribution is 0.0299. The second-order valence-corrected chi connectivity index (χ2v) is 13.8. The molecule has 5 aromatic rings. The van der Waals surface area contributed by atoms with Gasteiger partial charge in [-0.2, -0.15) is 0 Å². The second-order valence-electron chi connectivity index (χ2n) is 13.8. The van der Waals surface area contributed by atoms with Gasteiger partial charge in [0.2, 0.25) is 0 Å². The summed E-state index contributed by atoms with van der Waals surface area (Å²) < 4.78 is 17.7. The lowest BCUT2D eigenvalue weighted by atomic mass is 9.83. The lowest BCUT2D eigenvalue weighted by Crippen LogP contribution is -2.22. The van der Waals surface area contributed by atoms with Crippen molar-refractivity contribution < 1.29 is 19.0 Å². The van der Waals surface area contributed by atoms with Crippen molar-refractivity contribution in [2.75, 3.05) is 50.2 Å². The Kier molecular flexibility index (Phi) is 9.29. The Morgan fingerprint density at radius 3 is 1.35 bits per heavy atom. The summed E-state index contributed by atoms with van der Waals surface area (Å²) in [4.78, 5) is 18.7. The van der Waals surface area contributed by atoms with E-state index in [2.05, 4.69) is 94.7 Å². The van der Waals surface area contributed by atoms with Crippen LogP contribution in [0.2, 0.25) is 0 Å². The third kappa shape index (κ3) is 6.57. The molecule has 0 atom stereocenters. The molecule has 0 bridgehead atoms. The van der Waals surface area contributed by atoms with E-state index in [9.17, 15) is 4.79 Å². The fourth-order valence-electron chi connectivity index (χ4n) is 7.81. The molecule has 5 aromatic carbocycles. The molecule has 262 valence electrons. The molecule has 8 rings (SSSR count). The van der Waals surface area contributed by atoms with Crippen molar-refractivity contribution in [2.45, 2.75) is 31.3 Å². The van der Waals surface area contributed by atoms with E-state index in [-0.39, 0.29) is 5.97 Å². The minimum atomic E-state index is -1.22. The first-order chi connectivity index (χ1) is 25.5. The number of ether oxygens (including phenoxy) is 3. The van der Waals surface area contributed by atoms with Crippen molar-refractivity contribution in [3.63, 3.8) is 0 Å². The molecule has 0 spiro atoms. The van der Waals surface area contributed by atoms with Gasteiger partial charge >= 0.3 is 5.97 Å². The molecule has 0 saturated carbocycles. The highest BCUT2D eigenvalue weighted by molar-refractivity contribution is 5.97. The number of methoxy groups -OCH3 is 2. The van der Waals surface area contributed by atoms with Crippen LogP contribution < -0.4 is 19.3 Å². The zero-order chi connectivity index (χ0) is 35.5. The van der Waals surface area contributed by atoms with E-state index in [1.807, 2.05) is 48.5 Å². The summed E-state index contributed by atoms with van der Waals surface area (Å²) in [5.74, 6) is 1.21. The van der Waals surface area contributed by atoms with Gasteiger partial charge in [0, 0.05) is 43.1 Å². The smallest absolute Gasteiger partial charge is 0.340 e. The molecule has 0 aliphatic carbocycles. The fourth-order valence-corrected chi connectivity index (χ4v) is 7.81. The Hall–Kier alpha value is -5.75. The van der Waals surface area contributed by atoms with Gasteiger partial charge < -0.3 is 24.0 Å². The van der Waals surface area contributed by atoms with Crippen LogP contribution in [0.5, 0.6) is 11.5 Å². The number of fused-ring (bicyclic) bond motifs is 1. The SMILES string of the molecule is COc1ccc(/C(=C\C2(/C=C(\c3ccc(OC)cc3)c3ccc(N4CCCC4)cc3)OC(=O)c3ccccc32)c2ccc(N3CCCC3)cc2)cc1. The molecule has 52 heavy (non-hydrogen) atoms. The molecule has 0 N–H and O–H groups in total. The average Bonchev–Trinajstić information content (AvgIpc) is 4.00. The first-order valence-electron chi connectivity index (χ1n) is 18.3. The summed E-state index contributed by atoms with van der Waals surface area (Å²) >= 11 is 0. The van der Waals surface area contributed by atoms with Crippen LogP contribution in [0.4, 0.5) is 11.4 Å². The number of hydrogen-bond donors (Lipinski definition) is 0. The standard InChI is InChI=1S/C46H44N2O4/c1-50-39-23-15-35(16-24-39)42(33-11-19-37(20-12-33)47-27-5-6-28-47)31-46(44-10-4-3-9-41(44)45(49)52-46)32-43(36-17-25-40(51-2)26-18-36)34-13-21-38(22-14-34)48-29-7-8-30-48/h3-4,9-26,31-32H,5-8,27-30H2,1-2H3/b42-31-,43-32-. The van der Waals surface area contributed by atoms with Crippen molar-refractivity contribution in [3.05, 3.63) is 167 Å². The molecule has 0 radical (unpaired) electrons. The number of rotatable bonds is 10. The molecule has 2 saturated heterocycles. The summed E-state index contributed by atoms with van der Waals surface area (Å²) in [7, 11) is 3.35. The highest BCUT2D eigenvalue weighted by Crippen LogP contribution is 2.45. The average molecular weight is 689 g/mol. The van der Waals surface area contributed by atoms with Crippen LogP contribution in [-0.2, 0) is 10.3 Å². The quantitative estimate of drug-likeness (QED) is 0.136. The third-order valence-electron chi connectivity index (χ3n) is 10.6. The van der Waals surface area contributed by atoms with Crippen molar-refractivity contribution >= 4 is 28.5 Å². The van der Waals surface area contributed by atoms with Gasteiger partial charge in [0.15, 0.2) is 5.60 Å². The summed E-state index contributed by atoms with van der Waals surface area (Å²) in [5, 5.41) is 0. The van der Waals surface area contributed by atoms with Crippen LogP contribution in [0.25, 0.3) is 11.1 Å². The number of anilines is 2. The number of carbonyl (C=O) groups is 1. The van der Waals surface area contributed by atoms with Gasteiger partial charge in [-0.1, -0.05) is 66.7 Å². The van der Waals surface area contributed by atoms with Crippen molar-refractivity contribution in [1.82, 2.24) is 0 Å². The van der Waals surface area contributed by atoms with Gasteiger partial charge in [-0.15, -0.1) is 0 Å². The van der Waals surface area contributed by atoms with Gasteiger partial charge in [0.05, 0.1) is 19.8 Å². The highest BCUT2D eigenvalue weighted by Gasteiger charge is 2.43. The van der Waals surface area contributed by atoms with E-state index in [0.717, 1.165) is 76.6 Å². The van der Waals surface area contributed by atoms with Crippen LogP contribution in [-0.4, -0.2) is 46.4 Å². The Labute approximate surface area is 306 Å². The first kappa shape index (κ1) is 33.4. The predicted molar refractivity (Wildman–Crippen MR) is 209 cm³/mol. The van der Waals surface area contributed by atoms with Crippen LogP contribution >= 0.6 is 0 Å². The zero-order valence-electron chi connectivity index (χ0n) is 29.9. The van der Waals surface area contributed by atoms with E-state index in [1.165, 1.54) is 37.1 Å². The number of nitrogens with zero attached hydrogens (tertiary/aromatic N) is 2. The molecule has 6 heteroatoms. The van der Waals surface area contributed by atoms with E-state index < -0.39 is 5.60 Å². The van der Waals surface area contributed by atoms with E-state index in [4.69, 9.17) is 14.2 Å². The number of hydrogen-bond acceptors (Lipinski definition) is 6. The molecule has 6 nitrogen and oxygen atoms in total. The van der Waals surface area contributed by atoms with Crippen molar-refractivity contribution in [3.8, 4) is 11.5 Å². The largest absolute Gasteiger partial charge is 0.497 e. The van der Waals surface area contributed by atoms with E-state index in [0.29, 0.717) is 5.56 Å². The molecular formula is C46H44N2O4. The fraction of sp³-hybridized carbons (Fsp3) is 0.239. The summed E-state index contributed by atoms with van der Waals surface area (Å²) in [6.07, 6.45) is 9.13. The molecule has 3 aliphatic rings. The molecule has 0 aromatic heterocycles. The topological polar surface area (TPSA) is 51.2 Å². The maximum absolute atomic E-state index is 13.8. The molecule has 3 aliphatic heterocycles. The highest BCUT2D eigenvalue weighted by atomic mass is 16.6. The number of esters is 1. The molecule has 3 heterocycles. The lowest BCUT2D eigenvalue weighted by Gasteiger charge is -2.27. The van der Waals surface area contributed by atoms with Gasteiger partial charge in [0.25, 0.3) is 0 Å². The maximum atomic E-state index is 13.8. The first-order valence-corrected chi connectivity index (χ1v) is 18.3. The third-order valence-corrected chi connectivity index (χ3v) is 10.6. The van der Waals surface area contributed by atoms with Crippen molar-refractivity contribution in [2.24, 2.45) is 0 Å². The zero-order valence-corrected chi connectivity index (χ0v) is 29.9. The Balaban J connectivity index is 1.34. The monoisotopic (exact) mass is 688 g/mol. The van der Waals surface area contributed by atoms with Crippen LogP contribution in [0.15, 0.2) is 133 Å². The van der Waals surface area contributed by atoms with Crippen LogP contribution in [0, 0.1) is 0 Å². The normalized spacial score (nSPS) is 16.9. The maximum Gasteiger partial charge on any atom is 0.340 e. The Bertz CT molecular complexity index is 1970. The van der Waals surface area contributed by atoms with Gasteiger partial charge in [-0.3, -0.25) is 0 Å². The van der Waals surface area contributed by atoms with Crippen LogP contribution in [0.1, 0.15) is 63.9 Å². The second kappa shape index (κ2) is 14.5. The predicted octanol–water partition coefficient (Wildman–Crippen LogP) is 9.53. The molecule has 2 fully saturated rings. The number of cyclic esters (lactones) is 1. The van der Waals surface area contributed by atoms with Crippen LogP contribution in [0.3, 0.4) is 0 Å². The summed E-state index contributed by atoms with van der Waals surface area (Å²) in [6.45, 7) is 4.31. The summed E-state index contributed by atoms with van der Waals surface area (Å²) in [6, 6.07) is 41.5. The van der Waals surface area contributed by atoms with Gasteiger partial charge in [0.1, 0.15) is 11.5 Å². The van der Waals surface area contributed by atoms with Gasteiger partial charge in [-0.25, -0.2) is 4.79 Å².